The number of carbonyl (C=O) groups excluding carboxylic acids is 1. The summed E-state index contributed by atoms with van der Waals surface area (Å²) < 4.78 is 27.3. The Hall–Kier alpha value is -2.13. The van der Waals surface area contributed by atoms with Crippen molar-refractivity contribution in [1.82, 2.24) is 9.21 Å². The average Bonchev–Trinajstić information content (AvgIpc) is 2.66. The van der Waals surface area contributed by atoms with E-state index in [-0.39, 0.29) is 23.9 Å². The molecule has 9 heteroatoms. The normalized spacial score (nSPS) is 15.5. The summed E-state index contributed by atoms with van der Waals surface area (Å²) in [4.78, 5) is 24.1. The van der Waals surface area contributed by atoms with Crippen LogP contribution in [0.25, 0.3) is 0 Å². The number of hydrogen-bond acceptors (Lipinski definition) is 4. The van der Waals surface area contributed by atoms with Crippen LogP contribution < -0.4 is 5.32 Å². The van der Waals surface area contributed by atoms with E-state index < -0.39 is 22.0 Å². The number of nitrogens with one attached hydrogen (secondary N) is 1. The third-order valence-electron chi connectivity index (χ3n) is 4.86. The summed E-state index contributed by atoms with van der Waals surface area (Å²) in [6, 6.07) is 5.63. The third-order valence-corrected chi connectivity index (χ3v) is 6.77. The highest BCUT2D eigenvalue weighted by Crippen LogP contribution is 2.27. The van der Waals surface area contributed by atoms with Crippen molar-refractivity contribution in [2.24, 2.45) is 0 Å². The lowest BCUT2D eigenvalue weighted by Crippen LogP contribution is -2.38. The van der Waals surface area contributed by atoms with Gasteiger partial charge in [-0.15, -0.1) is 0 Å². The van der Waals surface area contributed by atoms with E-state index in [9.17, 15) is 18.0 Å². The van der Waals surface area contributed by atoms with Crippen LogP contribution in [0.5, 0.6) is 0 Å². The van der Waals surface area contributed by atoms with Crippen LogP contribution in [0.4, 0.5) is 10.5 Å². The standard InChI is InChI=1S/C18H27N3O5S/c1-20(12-11-17(22)23)18(24)19-14-7-6-10-16(13-14)27(25,26)21(2)15-8-4-3-5-9-15/h6-7,10,13,15H,3-5,8-9,11-12H2,1-2H3,(H,19,24)(H,22,23). The smallest absolute Gasteiger partial charge is 0.321 e. The topological polar surface area (TPSA) is 107 Å². The summed E-state index contributed by atoms with van der Waals surface area (Å²) in [6.45, 7) is 0.0591. The molecule has 2 rings (SSSR count). The van der Waals surface area contributed by atoms with E-state index in [0.29, 0.717) is 5.69 Å². The number of amides is 2. The van der Waals surface area contributed by atoms with Crippen LogP contribution in [-0.4, -0.2) is 61.4 Å². The fraction of sp³-hybridized carbons (Fsp3) is 0.556. The summed E-state index contributed by atoms with van der Waals surface area (Å²) in [7, 11) is -0.559. The molecule has 1 aromatic carbocycles. The number of rotatable bonds is 7. The van der Waals surface area contributed by atoms with Gasteiger partial charge >= 0.3 is 12.0 Å². The van der Waals surface area contributed by atoms with E-state index >= 15 is 0 Å². The van der Waals surface area contributed by atoms with Gasteiger partial charge in [0, 0.05) is 32.4 Å². The van der Waals surface area contributed by atoms with Gasteiger partial charge in [-0.1, -0.05) is 25.3 Å². The minimum atomic E-state index is -3.65. The Kier molecular flexibility index (Phi) is 7.20. The Morgan fingerprint density at radius 3 is 2.48 bits per heavy atom. The van der Waals surface area contributed by atoms with E-state index in [1.54, 1.807) is 19.2 Å². The minimum absolute atomic E-state index is 0.00384. The molecule has 1 fully saturated rings. The van der Waals surface area contributed by atoms with Crippen LogP contribution >= 0.6 is 0 Å². The van der Waals surface area contributed by atoms with Gasteiger partial charge in [0.15, 0.2) is 0 Å². The summed E-state index contributed by atoms with van der Waals surface area (Å²) in [5, 5.41) is 11.3. The highest BCUT2D eigenvalue weighted by molar-refractivity contribution is 7.89. The molecule has 2 N–H and O–H groups in total. The second-order valence-electron chi connectivity index (χ2n) is 6.84. The predicted molar refractivity (Wildman–Crippen MR) is 102 cm³/mol. The molecule has 0 spiro atoms. The largest absolute Gasteiger partial charge is 0.481 e. The fourth-order valence-corrected chi connectivity index (χ4v) is 4.59. The zero-order chi connectivity index (χ0) is 20.0. The summed E-state index contributed by atoms with van der Waals surface area (Å²) in [5.41, 5.74) is 0.347. The monoisotopic (exact) mass is 397 g/mol. The zero-order valence-electron chi connectivity index (χ0n) is 15.7. The summed E-state index contributed by atoms with van der Waals surface area (Å²) in [5.74, 6) is -0.992. The molecule has 0 radical (unpaired) electrons. The second kappa shape index (κ2) is 9.18. The third kappa shape index (κ3) is 5.67. The number of benzene rings is 1. The van der Waals surface area contributed by atoms with Crippen molar-refractivity contribution < 1.29 is 23.1 Å². The lowest BCUT2D eigenvalue weighted by Gasteiger charge is -2.30. The van der Waals surface area contributed by atoms with Crippen LogP contribution in [-0.2, 0) is 14.8 Å². The number of anilines is 1. The maximum atomic E-state index is 12.9. The summed E-state index contributed by atoms with van der Waals surface area (Å²) >= 11 is 0. The molecular formula is C18H27N3O5S. The van der Waals surface area contributed by atoms with Gasteiger partial charge in [-0.3, -0.25) is 4.79 Å². The molecule has 0 bridgehead atoms. The van der Waals surface area contributed by atoms with E-state index in [1.807, 2.05) is 0 Å². The van der Waals surface area contributed by atoms with Crippen molar-refractivity contribution in [3.05, 3.63) is 24.3 Å². The maximum Gasteiger partial charge on any atom is 0.321 e. The molecule has 0 atom stereocenters. The van der Waals surface area contributed by atoms with E-state index in [2.05, 4.69) is 5.32 Å². The van der Waals surface area contributed by atoms with Crippen LogP contribution in [0.3, 0.4) is 0 Å². The van der Waals surface area contributed by atoms with Gasteiger partial charge in [-0.05, 0) is 31.0 Å². The fourth-order valence-electron chi connectivity index (χ4n) is 3.13. The first-order chi connectivity index (χ1) is 12.7. The molecule has 8 nitrogen and oxygen atoms in total. The van der Waals surface area contributed by atoms with Gasteiger partial charge in [0.05, 0.1) is 11.3 Å². The molecular weight excluding hydrogens is 370 g/mol. The van der Waals surface area contributed by atoms with Gasteiger partial charge < -0.3 is 15.3 Å². The molecule has 0 aliphatic heterocycles. The Bertz CT molecular complexity index is 775. The highest BCUT2D eigenvalue weighted by Gasteiger charge is 2.29. The number of nitrogens with zero attached hydrogens (tertiary/aromatic N) is 2. The van der Waals surface area contributed by atoms with E-state index in [4.69, 9.17) is 5.11 Å². The molecule has 1 aromatic rings. The molecule has 1 aliphatic carbocycles. The first kappa shape index (κ1) is 21.2. The second-order valence-corrected chi connectivity index (χ2v) is 8.83. The maximum absolute atomic E-state index is 12.9. The molecule has 0 unspecified atom stereocenters. The van der Waals surface area contributed by atoms with E-state index in [0.717, 1.165) is 32.1 Å². The Morgan fingerprint density at radius 1 is 1.19 bits per heavy atom. The van der Waals surface area contributed by atoms with Crippen molar-refractivity contribution in [3.8, 4) is 0 Å². The first-order valence-electron chi connectivity index (χ1n) is 9.04. The number of carbonyl (C=O) groups is 2. The Balaban J connectivity index is 2.09. The molecule has 0 aromatic heterocycles. The highest BCUT2D eigenvalue weighted by atomic mass is 32.2. The molecule has 0 saturated heterocycles. The number of hydrogen-bond donors (Lipinski definition) is 2. The van der Waals surface area contributed by atoms with E-state index in [1.165, 1.54) is 28.4 Å². The predicted octanol–water partition coefficient (Wildman–Crippen LogP) is 2.58. The molecule has 1 saturated carbocycles. The summed E-state index contributed by atoms with van der Waals surface area (Å²) in [6.07, 6.45) is 4.76. The van der Waals surface area contributed by atoms with Gasteiger partial charge in [-0.2, -0.15) is 4.31 Å². The first-order valence-corrected chi connectivity index (χ1v) is 10.5. The minimum Gasteiger partial charge on any atom is -0.481 e. The van der Waals surface area contributed by atoms with Crippen LogP contribution in [0.1, 0.15) is 38.5 Å². The van der Waals surface area contributed by atoms with Crippen molar-refractivity contribution >= 4 is 27.7 Å². The molecule has 0 heterocycles. The lowest BCUT2D eigenvalue weighted by molar-refractivity contribution is -0.137. The zero-order valence-corrected chi connectivity index (χ0v) is 16.5. The van der Waals surface area contributed by atoms with Gasteiger partial charge in [0.2, 0.25) is 10.0 Å². The number of carboxylic acid groups (broad SMARTS) is 1. The van der Waals surface area contributed by atoms with Crippen molar-refractivity contribution in [2.75, 3.05) is 26.0 Å². The van der Waals surface area contributed by atoms with Crippen molar-refractivity contribution in [2.45, 2.75) is 49.5 Å². The van der Waals surface area contributed by atoms with Gasteiger partial charge in [-0.25, -0.2) is 13.2 Å². The van der Waals surface area contributed by atoms with Gasteiger partial charge in [0.1, 0.15) is 0 Å². The van der Waals surface area contributed by atoms with Crippen LogP contribution in [0.2, 0.25) is 0 Å². The number of carboxylic acids is 1. The SMILES string of the molecule is CN(CCC(=O)O)C(=O)Nc1cccc(S(=O)(=O)N(C)C2CCCCC2)c1. The molecule has 1 aliphatic rings. The number of sulfonamides is 1. The average molecular weight is 397 g/mol. The van der Waals surface area contributed by atoms with Crippen LogP contribution in [0.15, 0.2) is 29.2 Å². The molecule has 150 valence electrons. The Labute approximate surface area is 160 Å². The van der Waals surface area contributed by atoms with Crippen LogP contribution in [0, 0.1) is 0 Å². The van der Waals surface area contributed by atoms with Gasteiger partial charge in [0.25, 0.3) is 0 Å². The number of aliphatic carboxylic acids is 1. The van der Waals surface area contributed by atoms with Crippen molar-refractivity contribution in [1.29, 1.82) is 0 Å². The quantitative estimate of drug-likeness (QED) is 0.735. The molecule has 2 amide bonds. The lowest BCUT2D eigenvalue weighted by atomic mass is 9.96. The number of urea groups is 1. The Morgan fingerprint density at radius 2 is 1.85 bits per heavy atom. The van der Waals surface area contributed by atoms with Crippen molar-refractivity contribution in [3.63, 3.8) is 0 Å². The molecule has 27 heavy (non-hydrogen) atoms.